The Balaban J connectivity index is 2.76. The van der Waals surface area contributed by atoms with Crippen LogP contribution in [0.25, 0.3) is 0 Å². The Hall–Kier alpha value is -0.920. The molecule has 0 fully saturated rings. The predicted molar refractivity (Wildman–Crippen MR) is 42.2 cm³/mol. The van der Waals surface area contributed by atoms with Crippen molar-refractivity contribution >= 4 is 11.6 Å². The summed E-state index contributed by atoms with van der Waals surface area (Å²) in [6.07, 6.45) is 3.18. The van der Waals surface area contributed by atoms with E-state index in [2.05, 4.69) is 0 Å². The Labute approximate surface area is 66.3 Å². The van der Waals surface area contributed by atoms with Gasteiger partial charge in [0.05, 0.1) is 5.92 Å². The van der Waals surface area contributed by atoms with Crippen molar-refractivity contribution in [3.05, 3.63) is 11.6 Å². The van der Waals surface area contributed by atoms with E-state index in [1.54, 1.807) is 6.08 Å². The van der Waals surface area contributed by atoms with Crippen LogP contribution in [0.1, 0.15) is 26.7 Å². The second-order valence-electron chi connectivity index (χ2n) is 3.09. The Kier molecular flexibility index (Phi) is 2.22. The monoisotopic (exact) mass is 152 g/mol. The van der Waals surface area contributed by atoms with Crippen molar-refractivity contribution in [3.63, 3.8) is 0 Å². The highest BCUT2D eigenvalue weighted by Gasteiger charge is 2.24. The molecule has 0 unspecified atom stereocenters. The van der Waals surface area contributed by atoms with Crippen molar-refractivity contribution in [2.75, 3.05) is 0 Å². The number of rotatable bonds is 1. The summed E-state index contributed by atoms with van der Waals surface area (Å²) in [5.41, 5.74) is 1.09. The quantitative estimate of drug-likeness (QED) is 0.533. The molecule has 1 aliphatic rings. The Morgan fingerprint density at radius 3 is 2.73 bits per heavy atom. The Morgan fingerprint density at radius 1 is 1.64 bits per heavy atom. The third-order valence-electron chi connectivity index (χ3n) is 2.05. The first kappa shape index (κ1) is 8.18. The van der Waals surface area contributed by atoms with E-state index in [4.69, 9.17) is 0 Å². The van der Waals surface area contributed by atoms with Gasteiger partial charge in [-0.05, 0) is 32.8 Å². The van der Waals surface area contributed by atoms with Gasteiger partial charge in [0.15, 0.2) is 5.78 Å². The summed E-state index contributed by atoms with van der Waals surface area (Å²) in [5.74, 6) is -0.362. The minimum absolute atomic E-state index is 0.00116. The van der Waals surface area contributed by atoms with E-state index in [0.29, 0.717) is 6.42 Å². The molecule has 0 saturated heterocycles. The zero-order valence-corrected chi connectivity index (χ0v) is 6.89. The highest BCUT2D eigenvalue weighted by atomic mass is 16.1. The van der Waals surface area contributed by atoms with Crippen LogP contribution in [0.15, 0.2) is 11.6 Å². The molecule has 2 nitrogen and oxygen atoms in total. The summed E-state index contributed by atoms with van der Waals surface area (Å²) in [4.78, 5) is 22.0. The largest absolute Gasteiger partial charge is 0.299 e. The van der Waals surface area contributed by atoms with Crippen molar-refractivity contribution in [2.24, 2.45) is 5.92 Å². The number of ketones is 2. The summed E-state index contributed by atoms with van der Waals surface area (Å²) in [7, 11) is 0. The van der Waals surface area contributed by atoms with Crippen LogP contribution in [0.2, 0.25) is 0 Å². The van der Waals surface area contributed by atoms with Crippen LogP contribution in [-0.2, 0) is 9.59 Å². The molecular formula is C9H12O2. The number of hydrogen-bond donors (Lipinski definition) is 0. The average molecular weight is 152 g/mol. The molecule has 0 aromatic carbocycles. The molecule has 2 heteroatoms. The number of Topliss-reactive ketones (excluding diaryl/α,β-unsaturated/α-hetero) is 1. The van der Waals surface area contributed by atoms with E-state index < -0.39 is 0 Å². The molecule has 1 atom stereocenters. The van der Waals surface area contributed by atoms with Gasteiger partial charge in [0.25, 0.3) is 0 Å². The minimum atomic E-state index is -0.348. The minimum Gasteiger partial charge on any atom is -0.299 e. The van der Waals surface area contributed by atoms with Gasteiger partial charge in [0, 0.05) is 0 Å². The summed E-state index contributed by atoms with van der Waals surface area (Å²) in [6, 6.07) is 0. The fourth-order valence-electron chi connectivity index (χ4n) is 1.33. The van der Waals surface area contributed by atoms with Crippen LogP contribution < -0.4 is 0 Å². The lowest BCUT2D eigenvalue weighted by Gasteiger charge is -2.15. The lowest BCUT2D eigenvalue weighted by atomic mass is 9.87. The van der Waals surface area contributed by atoms with Crippen LogP contribution in [-0.4, -0.2) is 11.6 Å². The first-order chi connectivity index (χ1) is 5.11. The molecule has 0 aliphatic heterocycles. The van der Waals surface area contributed by atoms with Gasteiger partial charge < -0.3 is 0 Å². The number of carbonyl (C=O) groups is 2. The summed E-state index contributed by atoms with van der Waals surface area (Å²) in [6.45, 7) is 3.41. The second-order valence-corrected chi connectivity index (χ2v) is 3.09. The van der Waals surface area contributed by atoms with Crippen LogP contribution >= 0.6 is 0 Å². The molecule has 0 heterocycles. The van der Waals surface area contributed by atoms with Crippen LogP contribution in [0.5, 0.6) is 0 Å². The maximum absolute atomic E-state index is 11.1. The zero-order valence-electron chi connectivity index (χ0n) is 6.89. The van der Waals surface area contributed by atoms with E-state index >= 15 is 0 Å². The molecule has 1 rings (SSSR count). The third kappa shape index (κ3) is 1.76. The van der Waals surface area contributed by atoms with Crippen molar-refractivity contribution in [2.45, 2.75) is 26.7 Å². The molecule has 0 aromatic rings. The zero-order chi connectivity index (χ0) is 8.43. The van der Waals surface area contributed by atoms with Crippen molar-refractivity contribution in [1.82, 2.24) is 0 Å². The molecule has 0 amide bonds. The maximum Gasteiger partial charge on any atom is 0.166 e. The van der Waals surface area contributed by atoms with Crippen LogP contribution in [0, 0.1) is 5.92 Å². The molecule has 60 valence electrons. The van der Waals surface area contributed by atoms with Gasteiger partial charge in [-0.1, -0.05) is 5.57 Å². The summed E-state index contributed by atoms with van der Waals surface area (Å²) >= 11 is 0. The summed E-state index contributed by atoms with van der Waals surface area (Å²) in [5, 5.41) is 0. The topological polar surface area (TPSA) is 34.1 Å². The molecule has 0 radical (unpaired) electrons. The maximum atomic E-state index is 11.1. The Morgan fingerprint density at radius 2 is 2.27 bits per heavy atom. The van der Waals surface area contributed by atoms with Gasteiger partial charge in [0.2, 0.25) is 0 Å². The molecule has 1 aliphatic carbocycles. The number of hydrogen-bond acceptors (Lipinski definition) is 2. The van der Waals surface area contributed by atoms with Crippen LogP contribution in [0.3, 0.4) is 0 Å². The molecule has 0 bridgehead atoms. The lowest BCUT2D eigenvalue weighted by Crippen LogP contribution is -2.23. The molecule has 0 aromatic heterocycles. The van der Waals surface area contributed by atoms with Gasteiger partial charge in [-0.2, -0.15) is 0 Å². The molecule has 0 N–H and O–H groups in total. The van der Waals surface area contributed by atoms with E-state index in [1.807, 2.05) is 6.92 Å². The number of carbonyl (C=O) groups excluding carboxylic acids is 2. The van der Waals surface area contributed by atoms with Gasteiger partial charge in [0.1, 0.15) is 5.78 Å². The molecular weight excluding hydrogens is 140 g/mol. The third-order valence-corrected chi connectivity index (χ3v) is 2.05. The normalized spacial score (nSPS) is 24.7. The van der Waals surface area contributed by atoms with Crippen molar-refractivity contribution in [1.29, 1.82) is 0 Å². The van der Waals surface area contributed by atoms with Crippen LogP contribution in [0.4, 0.5) is 0 Å². The van der Waals surface area contributed by atoms with Gasteiger partial charge in [-0.25, -0.2) is 0 Å². The highest BCUT2D eigenvalue weighted by molar-refractivity contribution is 6.07. The van der Waals surface area contributed by atoms with Gasteiger partial charge in [-0.15, -0.1) is 0 Å². The fourth-order valence-corrected chi connectivity index (χ4v) is 1.33. The van der Waals surface area contributed by atoms with Crippen molar-refractivity contribution < 1.29 is 9.59 Å². The smallest absolute Gasteiger partial charge is 0.166 e. The van der Waals surface area contributed by atoms with E-state index in [0.717, 1.165) is 12.0 Å². The predicted octanol–water partition coefficient (Wildman–Crippen LogP) is 1.50. The van der Waals surface area contributed by atoms with Gasteiger partial charge >= 0.3 is 0 Å². The highest BCUT2D eigenvalue weighted by Crippen LogP contribution is 2.20. The first-order valence-electron chi connectivity index (χ1n) is 3.82. The average Bonchev–Trinajstić information content (AvgIpc) is 1.85. The standard InChI is InChI=1S/C9H12O2/c1-6-3-4-8(7(2)10)9(11)5-6/h5,8H,3-4H2,1-2H3/t8-/m1/s1. The fraction of sp³-hybridized carbons (Fsp3) is 0.556. The molecule has 11 heavy (non-hydrogen) atoms. The van der Waals surface area contributed by atoms with Gasteiger partial charge in [-0.3, -0.25) is 9.59 Å². The SMILES string of the molecule is CC(=O)[C@H]1CCC(C)=CC1=O. The van der Waals surface area contributed by atoms with E-state index in [1.165, 1.54) is 6.92 Å². The second kappa shape index (κ2) is 2.99. The lowest BCUT2D eigenvalue weighted by molar-refractivity contribution is -0.129. The van der Waals surface area contributed by atoms with E-state index in [-0.39, 0.29) is 17.5 Å². The molecule has 0 spiro atoms. The number of allylic oxidation sites excluding steroid dienone is 2. The molecule has 0 saturated carbocycles. The van der Waals surface area contributed by atoms with Crippen molar-refractivity contribution in [3.8, 4) is 0 Å². The summed E-state index contributed by atoms with van der Waals surface area (Å²) < 4.78 is 0. The van der Waals surface area contributed by atoms with E-state index in [9.17, 15) is 9.59 Å². The Bertz CT molecular complexity index is 226. The first-order valence-corrected chi connectivity index (χ1v) is 3.82.